The number of unbranched alkanes of at least 4 members (excludes halogenated alkanes) is 36. The molecule has 0 spiro atoms. The van der Waals surface area contributed by atoms with Crippen LogP contribution in [0.3, 0.4) is 0 Å². The van der Waals surface area contributed by atoms with Crippen molar-refractivity contribution >= 4 is 39.5 Å². The third-order valence-corrected chi connectivity index (χ3v) is 16.0. The molecule has 0 aliphatic carbocycles. The maximum absolute atomic E-state index is 12.9. The highest BCUT2D eigenvalue weighted by Gasteiger charge is 2.30. The molecule has 2 unspecified atom stereocenters. The topological polar surface area (TPSA) is 237 Å². The maximum atomic E-state index is 12.9. The predicted octanol–water partition coefficient (Wildman–Crippen LogP) is 16.8. The van der Waals surface area contributed by atoms with Crippen molar-refractivity contribution < 1.29 is 80.2 Å². The second kappa shape index (κ2) is 56.2. The molecule has 3 N–H and O–H groups in total. The minimum atomic E-state index is -4.94. The van der Waals surface area contributed by atoms with Gasteiger partial charge in [0, 0.05) is 25.7 Å². The van der Waals surface area contributed by atoms with E-state index in [2.05, 4.69) is 27.7 Å². The van der Waals surface area contributed by atoms with Gasteiger partial charge in [0.05, 0.1) is 26.4 Å². The van der Waals surface area contributed by atoms with Gasteiger partial charge in [-0.15, -0.1) is 0 Å². The fraction of sp³-hybridized carbons (Fsp3) is 0.934. The summed E-state index contributed by atoms with van der Waals surface area (Å²) in [6, 6.07) is 0. The first-order valence-electron chi connectivity index (χ1n) is 32.3. The number of rotatable bonds is 62. The Morgan fingerprint density at radius 1 is 0.300 bits per heavy atom. The fourth-order valence-electron chi connectivity index (χ4n) is 9.10. The molecule has 474 valence electrons. The number of hydrogen-bond donors (Lipinski definition) is 3. The predicted molar refractivity (Wildman–Crippen MR) is 317 cm³/mol. The molecule has 0 rings (SSSR count). The maximum Gasteiger partial charge on any atom is 0.472 e. The SMILES string of the molecule is CCCCCCCCCCCCCCCCC(=O)OC[C@H](COP(=O)(O)OC[C@@H](O)COP(=O)(O)OC[C@@H](COC(=O)CCCCCCC)OC(=O)CCCCCCCCC)OC(=O)CCCCCCCCCCCCCCCC. The molecular formula is C61H118O17P2. The standard InChI is InChI=1S/C61H118O17P2/c1-5-9-13-17-20-22-24-26-28-30-32-35-38-42-46-59(64)72-52-57(78-61(66)48-44-40-36-33-31-29-27-25-23-21-18-14-10-6-2)54-76-80(69,70)74-50-55(62)49-73-79(67,68)75-53-56(51-71-58(63)45-41-37-16-12-8-4)77-60(65)47-43-39-34-19-15-11-7-3/h55-57,62H,5-54H2,1-4H3,(H,67,68)(H,69,70)/t55-,56+,57+/m0/s1. The van der Waals surface area contributed by atoms with Crippen molar-refractivity contribution in [1.82, 2.24) is 0 Å². The molecule has 17 nitrogen and oxygen atoms in total. The summed E-state index contributed by atoms with van der Waals surface area (Å²) < 4.78 is 67.6. The normalized spacial score (nSPS) is 14.2. The molecule has 0 aliphatic rings. The Bertz CT molecular complexity index is 1550. The van der Waals surface area contributed by atoms with Crippen LogP contribution in [0.4, 0.5) is 0 Å². The van der Waals surface area contributed by atoms with Crippen LogP contribution in [0.25, 0.3) is 0 Å². The minimum Gasteiger partial charge on any atom is -0.462 e. The molecule has 19 heteroatoms. The summed E-state index contributed by atoms with van der Waals surface area (Å²) in [5.41, 5.74) is 0. The average Bonchev–Trinajstić information content (AvgIpc) is 3.43. The Hall–Kier alpha value is -1.94. The van der Waals surface area contributed by atoms with E-state index in [-0.39, 0.29) is 25.7 Å². The van der Waals surface area contributed by atoms with Gasteiger partial charge in [-0.1, -0.05) is 259 Å². The zero-order valence-electron chi connectivity index (χ0n) is 51.0. The van der Waals surface area contributed by atoms with Crippen LogP contribution in [0.15, 0.2) is 0 Å². The molecule has 0 fully saturated rings. The second-order valence-electron chi connectivity index (χ2n) is 22.1. The molecule has 0 saturated carbocycles. The smallest absolute Gasteiger partial charge is 0.462 e. The molecule has 0 amide bonds. The van der Waals surface area contributed by atoms with E-state index in [4.69, 9.17) is 37.0 Å². The largest absolute Gasteiger partial charge is 0.472 e. The number of esters is 4. The van der Waals surface area contributed by atoms with Gasteiger partial charge in [0.2, 0.25) is 0 Å². The van der Waals surface area contributed by atoms with E-state index in [0.29, 0.717) is 25.7 Å². The lowest BCUT2D eigenvalue weighted by molar-refractivity contribution is -0.161. The van der Waals surface area contributed by atoms with Gasteiger partial charge in [0.15, 0.2) is 12.2 Å². The number of carbonyl (C=O) groups excluding carboxylic acids is 4. The van der Waals surface area contributed by atoms with Crippen LogP contribution in [0.1, 0.15) is 310 Å². The lowest BCUT2D eigenvalue weighted by atomic mass is 10.0. The van der Waals surface area contributed by atoms with Crippen molar-refractivity contribution in [2.24, 2.45) is 0 Å². The van der Waals surface area contributed by atoms with Crippen LogP contribution < -0.4 is 0 Å². The molecule has 0 heterocycles. The van der Waals surface area contributed by atoms with E-state index in [1.54, 1.807) is 0 Å². The zero-order valence-corrected chi connectivity index (χ0v) is 52.8. The van der Waals surface area contributed by atoms with Crippen molar-refractivity contribution in [3.63, 3.8) is 0 Å². The van der Waals surface area contributed by atoms with Gasteiger partial charge >= 0.3 is 39.5 Å². The van der Waals surface area contributed by atoms with E-state index in [0.717, 1.165) is 109 Å². The summed E-state index contributed by atoms with van der Waals surface area (Å²) in [5.74, 6) is -2.15. The number of ether oxygens (including phenoxy) is 4. The third kappa shape index (κ3) is 55.3. The molecular weight excluding hydrogens is 1070 g/mol. The highest BCUT2D eigenvalue weighted by molar-refractivity contribution is 7.47. The van der Waals surface area contributed by atoms with E-state index < -0.39 is 97.5 Å². The Morgan fingerprint density at radius 3 is 0.738 bits per heavy atom. The number of aliphatic hydroxyl groups excluding tert-OH is 1. The number of aliphatic hydroxyl groups is 1. The van der Waals surface area contributed by atoms with E-state index in [1.807, 2.05) is 0 Å². The van der Waals surface area contributed by atoms with Crippen molar-refractivity contribution in [3.8, 4) is 0 Å². The van der Waals surface area contributed by atoms with Gasteiger partial charge in [-0.05, 0) is 25.7 Å². The molecule has 0 radical (unpaired) electrons. The summed E-state index contributed by atoms with van der Waals surface area (Å²) in [6.07, 6.45) is 40.8. The number of carbonyl (C=O) groups is 4. The highest BCUT2D eigenvalue weighted by atomic mass is 31.2. The first-order chi connectivity index (χ1) is 38.7. The minimum absolute atomic E-state index is 0.103. The van der Waals surface area contributed by atoms with Gasteiger partial charge in [0.1, 0.15) is 19.3 Å². The van der Waals surface area contributed by atoms with Crippen LogP contribution in [0.5, 0.6) is 0 Å². The van der Waals surface area contributed by atoms with Crippen molar-refractivity contribution in [3.05, 3.63) is 0 Å². The average molecular weight is 1190 g/mol. The second-order valence-corrected chi connectivity index (χ2v) is 25.0. The summed E-state index contributed by atoms with van der Waals surface area (Å²) in [6.45, 7) is 4.75. The first kappa shape index (κ1) is 78.1. The van der Waals surface area contributed by atoms with Gasteiger partial charge in [0.25, 0.3) is 0 Å². The quantitative estimate of drug-likeness (QED) is 0.0222. The van der Waals surface area contributed by atoms with Crippen molar-refractivity contribution in [2.45, 2.75) is 329 Å². The summed E-state index contributed by atoms with van der Waals surface area (Å²) in [7, 11) is -9.86. The summed E-state index contributed by atoms with van der Waals surface area (Å²) >= 11 is 0. The highest BCUT2D eigenvalue weighted by Crippen LogP contribution is 2.45. The lowest BCUT2D eigenvalue weighted by Gasteiger charge is -2.21. The van der Waals surface area contributed by atoms with Crippen molar-refractivity contribution in [1.29, 1.82) is 0 Å². The molecule has 5 atom stereocenters. The van der Waals surface area contributed by atoms with Gasteiger partial charge in [-0.25, -0.2) is 9.13 Å². The van der Waals surface area contributed by atoms with E-state index in [1.165, 1.54) is 122 Å². The number of phosphoric ester groups is 2. The number of hydrogen-bond acceptors (Lipinski definition) is 15. The molecule has 0 bridgehead atoms. The molecule has 80 heavy (non-hydrogen) atoms. The van der Waals surface area contributed by atoms with E-state index >= 15 is 0 Å². The Morgan fingerprint density at radius 2 is 0.500 bits per heavy atom. The summed E-state index contributed by atoms with van der Waals surface area (Å²) in [5, 5.41) is 10.5. The summed E-state index contributed by atoms with van der Waals surface area (Å²) in [4.78, 5) is 71.7. The van der Waals surface area contributed by atoms with Crippen LogP contribution in [-0.2, 0) is 65.4 Å². The Labute approximate surface area is 486 Å². The van der Waals surface area contributed by atoms with E-state index in [9.17, 15) is 43.2 Å². The molecule has 0 aromatic rings. The van der Waals surface area contributed by atoms with Crippen molar-refractivity contribution in [2.75, 3.05) is 39.6 Å². The first-order valence-corrected chi connectivity index (χ1v) is 35.3. The monoisotopic (exact) mass is 1180 g/mol. The molecule has 0 aliphatic heterocycles. The van der Waals surface area contributed by atoms with Crippen LogP contribution in [-0.4, -0.2) is 96.7 Å². The van der Waals surface area contributed by atoms with Gasteiger partial charge in [-0.2, -0.15) is 0 Å². The lowest BCUT2D eigenvalue weighted by Crippen LogP contribution is -2.30. The van der Waals surface area contributed by atoms with Gasteiger partial charge in [-0.3, -0.25) is 37.3 Å². The van der Waals surface area contributed by atoms with Crippen LogP contribution in [0, 0.1) is 0 Å². The Kier molecular flexibility index (Phi) is 54.8. The fourth-order valence-corrected chi connectivity index (χ4v) is 10.7. The van der Waals surface area contributed by atoms with Crippen LogP contribution in [0.2, 0.25) is 0 Å². The molecule has 0 saturated heterocycles. The Balaban J connectivity index is 5.15. The molecule has 0 aromatic carbocycles. The number of phosphoric acid groups is 2. The molecule has 0 aromatic heterocycles. The zero-order chi connectivity index (χ0) is 59.1. The third-order valence-electron chi connectivity index (χ3n) is 14.1. The van der Waals surface area contributed by atoms with Gasteiger partial charge < -0.3 is 33.8 Å². The van der Waals surface area contributed by atoms with Crippen LogP contribution >= 0.6 is 15.6 Å².